The van der Waals surface area contributed by atoms with E-state index >= 15 is 0 Å². The molecule has 0 aromatic carbocycles. The van der Waals surface area contributed by atoms with Gasteiger partial charge in [-0.1, -0.05) is 18.5 Å². The van der Waals surface area contributed by atoms with Crippen molar-refractivity contribution < 1.29 is 14.7 Å². The van der Waals surface area contributed by atoms with Crippen LogP contribution in [-0.4, -0.2) is 33.5 Å². The monoisotopic (exact) mass is 257 g/mol. The fraction of sp³-hybridized carbons (Fsp3) is 0.400. The zero-order valence-corrected chi connectivity index (χ0v) is 9.94. The summed E-state index contributed by atoms with van der Waals surface area (Å²) in [5.74, 6) is -2.00. The number of carboxylic acids is 1. The lowest BCUT2D eigenvalue weighted by Gasteiger charge is -2.10. The topological polar surface area (TPSA) is 92.2 Å². The molecule has 0 radical (unpaired) electrons. The van der Waals surface area contributed by atoms with Crippen LogP contribution in [-0.2, 0) is 4.79 Å². The molecule has 0 aliphatic carbocycles. The molecule has 1 rings (SSSR count). The van der Waals surface area contributed by atoms with E-state index in [1.54, 1.807) is 6.92 Å². The van der Waals surface area contributed by atoms with Crippen molar-refractivity contribution in [3.8, 4) is 0 Å². The minimum Gasteiger partial charge on any atom is -0.481 e. The minimum atomic E-state index is -0.935. The standard InChI is InChI=1S/C10H12ClN3O3/c1-2-6(10(16)17)3-14-9(15)7-4-13-8(11)5-12-7/h4-6H,2-3H2,1H3,(H,14,15)(H,16,17). The fourth-order valence-corrected chi connectivity index (χ4v) is 1.24. The minimum absolute atomic E-state index is 0.0645. The summed E-state index contributed by atoms with van der Waals surface area (Å²) in [6, 6.07) is 0. The molecule has 2 N–H and O–H groups in total. The van der Waals surface area contributed by atoms with E-state index in [1.165, 1.54) is 12.4 Å². The summed E-state index contributed by atoms with van der Waals surface area (Å²) in [4.78, 5) is 29.8. The lowest BCUT2D eigenvalue weighted by molar-refractivity contribution is -0.141. The zero-order chi connectivity index (χ0) is 12.8. The van der Waals surface area contributed by atoms with Gasteiger partial charge in [0.15, 0.2) is 0 Å². The van der Waals surface area contributed by atoms with Gasteiger partial charge in [0, 0.05) is 6.54 Å². The van der Waals surface area contributed by atoms with Crippen molar-refractivity contribution in [1.82, 2.24) is 15.3 Å². The van der Waals surface area contributed by atoms with E-state index in [4.69, 9.17) is 16.7 Å². The van der Waals surface area contributed by atoms with Crippen molar-refractivity contribution >= 4 is 23.5 Å². The molecule has 0 aliphatic heterocycles. The van der Waals surface area contributed by atoms with Crippen LogP contribution in [0.1, 0.15) is 23.8 Å². The highest BCUT2D eigenvalue weighted by atomic mass is 35.5. The lowest BCUT2D eigenvalue weighted by atomic mass is 10.1. The Hall–Kier alpha value is -1.69. The first-order valence-electron chi connectivity index (χ1n) is 5.03. The maximum absolute atomic E-state index is 11.5. The van der Waals surface area contributed by atoms with Crippen LogP contribution >= 0.6 is 11.6 Å². The summed E-state index contributed by atoms with van der Waals surface area (Å²) >= 11 is 5.52. The van der Waals surface area contributed by atoms with Crippen LogP contribution < -0.4 is 5.32 Å². The second-order valence-electron chi connectivity index (χ2n) is 3.38. The molecule has 0 saturated carbocycles. The highest BCUT2D eigenvalue weighted by Gasteiger charge is 2.16. The van der Waals surface area contributed by atoms with Crippen molar-refractivity contribution in [3.05, 3.63) is 23.2 Å². The van der Waals surface area contributed by atoms with Crippen LogP contribution in [0.4, 0.5) is 0 Å². The van der Waals surface area contributed by atoms with Gasteiger partial charge in [0.05, 0.1) is 18.3 Å². The summed E-state index contributed by atoms with van der Waals surface area (Å²) < 4.78 is 0. The van der Waals surface area contributed by atoms with Gasteiger partial charge in [0.1, 0.15) is 10.8 Å². The van der Waals surface area contributed by atoms with Gasteiger partial charge in [-0.2, -0.15) is 0 Å². The predicted molar refractivity (Wildman–Crippen MR) is 60.8 cm³/mol. The molecular weight excluding hydrogens is 246 g/mol. The van der Waals surface area contributed by atoms with E-state index in [2.05, 4.69) is 15.3 Å². The Morgan fingerprint density at radius 3 is 2.65 bits per heavy atom. The van der Waals surface area contributed by atoms with E-state index in [1.807, 2.05) is 0 Å². The Morgan fingerprint density at radius 2 is 2.18 bits per heavy atom. The van der Waals surface area contributed by atoms with Crippen LogP contribution in [0.25, 0.3) is 0 Å². The average molecular weight is 258 g/mol. The van der Waals surface area contributed by atoms with Crippen LogP contribution in [0.2, 0.25) is 5.15 Å². The summed E-state index contributed by atoms with van der Waals surface area (Å²) in [6.45, 7) is 1.81. The Kier molecular flexibility index (Phi) is 4.84. The Morgan fingerprint density at radius 1 is 1.47 bits per heavy atom. The largest absolute Gasteiger partial charge is 0.481 e. The highest BCUT2D eigenvalue weighted by Crippen LogP contribution is 2.03. The molecule has 1 aromatic rings. The number of nitrogens with zero attached hydrogens (tertiary/aromatic N) is 2. The molecule has 0 bridgehead atoms. The molecule has 1 atom stereocenters. The van der Waals surface area contributed by atoms with E-state index in [0.29, 0.717) is 6.42 Å². The smallest absolute Gasteiger partial charge is 0.308 e. The molecular formula is C10H12ClN3O3. The quantitative estimate of drug-likeness (QED) is 0.820. The van der Waals surface area contributed by atoms with Gasteiger partial charge >= 0.3 is 5.97 Å². The number of hydrogen-bond acceptors (Lipinski definition) is 4. The number of aliphatic carboxylic acids is 1. The third-order valence-electron chi connectivity index (χ3n) is 2.20. The molecule has 6 nitrogen and oxygen atoms in total. The zero-order valence-electron chi connectivity index (χ0n) is 9.18. The molecule has 0 fully saturated rings. The van der Waals surface area contributed by atoms with E-state index < -0.39 is 17.8 Å². The molecule has 92 valence electrons. The van der Waals surface area contributed by atoms with E-state index in [9.17, 15) is 9.59 Å². The normalized spacial score (nSPS) is 11.9. The van der Waals surface area contributed by atoms with Crippen LogP contribution in [0.3, 0.4) is 0 Å². The number of amides is 1. The first-order valence-corrected chi connectivity index (χ1v) is 5.41. The molecule has 7 heteroatoms. The van der Waals surface area contributed by atoms with Crippen LogP contribution in [0.5, 0.6) is 0 Å². The average Bonchev–Trinajstić information content (AvgIpc) is 2.30. The van der Waals surface area contributed by atoms with Gasteiger partial charge in [-0.15, -0.1) is 0 Å². The summed E-state index contributed by atoms with van der Waals surface area (Å²) in [6.07, 6.45) is 2.94. The molecule has 0 spiro atoms. The molecule has 1 unspecified atom stereocenters. The van der Waals surface area contributed by atoms with Gasteiger partial charge in [-0.05, 0) is 6.42 Å². The highest BCUT2D eigenvalue weighted by molar-refractivity contribution is 6.29. The van der Waals surface area contributed by atoms with Gasteiger partial charge < -0.3 is 10.4 Å². The first-order chi connectivity index (χ1) is 8.04. The molecule has 17 heavy (non-hydrogen) atoms. The molecule has 0 saturated heterocycles. The summed E-state index contributed by atoms with van der Waals surface area (Å²) in [5.41, 5.74) is 0.106. The number of carbonyl (C=O) groups is 2. The third-order valence-corrected chi connectivity index (χ3v) is 2.40. The fourth-order valence-electron chi connectivity index (χ4n) is 1.14. The molecule has 1 amide bonds. The Bertz CT molecular complexity index is 408. The number of nitrogens with one attached hydrogen (secondary N) is 1. The first kappa shape index (κ1) is 13.4. The van der Waals surface area contributed by atoms with Crippen LogP contribution in [0.15, 0.2) is 12.4 Å². The van der Waals surface area contributed by atoms with Gasteiger partial charge in [0.2, 0.25) is 0 Å². The maximum Gasteiger partial charge on any atom is 0.308 e. The predicted octanol–water partition coefficient (Wildman–Crippen LogP) is 0.971. The molecule has 0 aliphatic rings. The van der Waals surface area contributed by atoms with Crippen molar-refractivity contribution in [2.75, 3.05) is 6.54 Å². The summed E-state index contributed by atoms with van der Waals surface area (Å²) in [5, 5.41) is 11.5. The van der Waals surface area contributed by atoms with Gasteiger partial charge in [-0.25, -0.2) is 9.97 Å². The number of carbonyl (C=O) groups excluding carboxylic acids is 1. The number of halogens is 1. The van der Waals surface area contributed by atoms with Gasteiger partial charge in [-0.3, -0.25) is 9.59 Å². The summed E-state index contributed by atoms with van der Waals surface area (Å²) in [7, 11) is 0. The number of rotatable bonds is 5. The number of hydrogen-bond donors (Lipinski definition) is 2. The second-order valence-corrected chi connectivity index (χ2v) is 3.77. The molecule has 1 aromatic heterocycles. The second kappa shape index (κ2) is 6.15. The van der Waals surface area contributed by atoms with Gasteiger partial charge in [0.25, 0.3) is 5.91 Å². The van der Waals surface area contributed by atoms with E-state index in [0.717, 1.165) is 0 Å². The number of aromatic nitrogens is 2. The SMILES string of the molecule is CCC(CNC(=O)c1cnc(Cl)cn1)C(=O)O. The van der Waals surface area contributed by atoms with E-state index in [-0.39, 0.29) is 17.4 Å². The van der Waals surface area contributed by atoms with Crippen molar-refractivity contribution in [2.45, 2.75) is 13.3 Å². The Balaban J connectivity index is 2.55. The van der Waals surface area contributed by atoms with Crippen molar-refractivity contribution in [3.63, 3.8) is 0 Å². The van der Waals surface area contributed by atoms with Crippen LogP contribution in [0, 0.1) is 5.92 Å². The van der Waals surface area contributed by atoms with Crippen molar-refractivity contribution in [1.29, 1.82) is 0 Å². The third kappa shape index (κ3) is 3.99. The number of carboxylic acid groups (broad SMARTS) is 1. The maximum atomic E-state index is 11.5. The Labute approximate surface area is 103 Å². The van der Waals surface area contributed by atoms with Crippen molar-refractivity contribution in [2.24, 2.45) is 5.92 Å². The molecule has 1 heterocycles. The lowest BCUT2D eigenvalue weighted by Crippen LogP contribution is -2.33.